The van der Waals surface area contributed by atoms with Gasteiger partial charge in [-0.25, -0.2) is 0 Å². The number of nitrogens with one attached hydrogen (secondary N) is 2. The summed E-state index contributed by atoms with van der Waals surface area (Å²) in [5.74, 6) is 0.00529. The molecule has 3 nitrogen and oxygen atoms in total. The Morgan fingerprint density at radius 3 is 2.53 bits per heavy atom. The van der Waals surface area contributed by atoms with E-state index >= 15 is 0 Å². The summed E-state index contributed by atoms with van der Waals surface area (Å²) in [4.78, 5) is 11.9. The van der Waals surface area contributed by atoms with E-state index in [1.807, 2.05) is 52.8 Å². The fraction of sp³-hybridized carbons (Fsp3) is 0.533. The molecule has 0 spiro atoms. The van der Waals surface area contributed by atoms with Gasteiger partial charge in [-0.3, -0.25) is 4.79 Å². The van der Waals surface area contributed by atoms with Gasteiger partial charge in [-0.15, -0.1) is 0 Å². The van der Waals surface area contributed by atoms with E-state index < -0.39 is 0 Å². The van der Waals surface area contributed by atoms with Crippen molar-refractivity contribution >= 4 is 17.5 Å². The second-order valence-corrected chi connectivity index (χ2v) is 6.33. The highest BCUT2D eigenvalue weighted by atomic mass is 35.5. The zero-order valence-corrected chi connectivity index (χ0v) is 13.1. The molecule has 0 aliphatic rings. The van der Waals surface area contributed by atoms with Gasteiger partial charge in [0.2, 0.25) is 5.91 Å². The van der Waals surface area contributed by atoms with Gasteiger partial charge in [-0.05, 0) is 51.8 Å². The predicted molar refractivity (Wildman–Crippen MR) is 80.4 cm³/mol. The summed E-state index contributed by atoms with van der Waals surface area (Å²) in [7, 11) is 0. The lowest BCUT2D eigenvalue weighted by Gasteiger charge is -2.23. The van der Waals surface area contributed by atoms with E-state index in [1.165, 1.54) is 0 Å². The Morgan fingerprint density at radius 1 is 1.37 bits per heavy atom. The maximum atomic E-state index is 11.9. The molecule has 0 aliphatic carbocycles. The highest BCUT2D eigenvalue weighted by molar-refractivity contribution is 6.31. The Kier molecular flexibility index (Phi) is 5.39. The monoisotopic (exact) mass is 282 g/mol. The van der Waals surface area contributed by atoms with E-state index in [0.717, 1.165) is 16.1 Å². The standard InChI is InChI=1S/C15H23ClN2O/c1-10-6-7-12(8-13(10)16)9-17-11(2)14(19)18-15(3,4)5/h6-8,11,17H,9H2,1-5H3,(H,18,19). The van der Waals surface area contributed by atoms with Crippen molar-refractivity contribution in [3.05, 3.63) is 34.3 Å². The topological polar surface area (TPSA) is 41.1 Å². The van der Waals surface area contributed by atoms with Crippen LogP contribution < -0.4 is 10.6 Å². The Labute approximate surface area is 120 Å². The summed E-state index contributed by atoms with van der Waals surface area (Å²) in [6, 6.07) is 5.69. The van der Waals surface area contributed by atoms with Gasteiger partial charge < -0.3 is 10.6 Å². The van der Waals surface area contributed by atoms with Crippen LogP contribution in [0, 0.1) is 6.92 Å². The number of hydrogen-bond acceptors (Lipinski definition) is 2. The average Bonchev–Trinajstić information content (AvgIpc) is 2.28. The number of benzene rings is 1. The van der Waals surface area contributed by atoms with Crippen molar-refractivity contribution in [1.82, 2.24) is 10.6 Å². The summed E-state index contributed by atoms with van der Waals surface area (Å²) in [5.41, 5.74) is 1.93. The maximum Gasteiger partial charge on any atom is 0.237 e. The third-order valence-electron chi connectivity index (χ3n) is 2.74. The third-order valence-corrected chi connectivity index (χ3v) is 3.15. The van der Waals surface area contributed by atoms with Gasteiger partial charge in [0, 0.05) is 17.1 Å². The van der Waals surface area contributed by atoms with Gasteiger partial charge in [0.1, 0.15) is 0 Å². The quantitative estimate of drug-likeness (QED) is 0.891. The Hall–Kier alpha value is -1.06. The largest absolute Gasteiger partial charge is 0.350 e. The van der Waals surface area contributed by atoms with Crippen molar-refractivity contribution in [1.29, 1.82) is 0 Å². The molecule has 0 bridgehead atoms. The van der Waals surface area contributed by atoms with Crippen LogP contribution in [0.15, 0.2) is 18.2 Å². The van der Waals surface area contributed by atoms with Crippen LogP contribution in [0.3, 0.4) is 0 Å². The second-order valence-electron chi connectivity index (χ2n) is 5.93. The van der Waals surface area contributed by atoms with Crippen LogP contribution in [0.4, 0.5) is 0 Å². The van der Waals surface area contributed by atoms with E-state index in [9.17, 15) is 4.79 Å². The summed E-state index contributed by atoms with van der Waals surface area (Å²) >= 11 is 6.07. The molecule has 1 unspecified atom stereocenters. The number of rotatable bonds is 4. The number of hydrogen-bond donors (Lipinski definition) is 2. The minimum absolute atomic E-state index is 0.00529. The minimum Gasteiger partial charge on any atom is -0.350 e. The number of carbonyl (C=O) groups excluding carboxylic acids is 1. The van der Waals surface area contributed by atoms with Gasteiger partial charge >= 0.3 is 0 Å². The molecule has 1 atom stereocenters. The van der Waals surface area contributed by atoms with Crippen LogP contribution in [0.2, 0.25) is 5.02 Å². The van der Waals surface area contributed by atoms with Crippen molar-refractivity contribution in [2.45, 2.75) is 52.7 Å². The Balaban J connectivity index is 2.52. The molecular formula is C15H23ClN2O. The fourth-order valence-electron chi connectivity index (χ4n) is 1.59. The van der Waals surface area contributed by atoms with Crippen LogP contribution in [0.25, 0.3) is 0 Å². The Bertz CT molecular complexity index is 452. The minimum atomic E-state index is -0.237. The first-order valence-electron chi connectivity index (χ1n) is 6.49. The lowest BCUT2D eigenvalue weighted by atomic mass is 10.1. The molecule has 1 rings (SSSR count). The molecule has 0 aliphatic heterocycles. The summed E-state index contributed by atoms with van der Waals surface area (Å²) in [6.45, 7) is 10.4. The first kappa shape index (κ1) is 16.0. The lowest BCUT2D eigenvalue weighted by molar-refractivity contribution is -0.124. The van der Waals surface area contributed by atoms with E-state index in [4.69, 9.17) is 11.6 Å². The number of carbonyl (C=O) groups is 1. The SMILES string of the molecule is Cc1ccc(CNC(C)C(=O)NC(C)(C)C)cc1Cl. The zero-order chi connectivity index (χ0) is 14.6. The predicted octanol–water partition coefficient (Wildman–Crippen LogP) is 3.04. The van der Waals surface area contributed by atoms with E-state index in [-0.39, 0.29) is 17.5 Å². The summed E-state index contributed by atoms with van der Waals surface area (Å²) in [6.07, 6.45) is 0. The maximum absolute atomic E-state index is 11.9. The molecule has 0 radical (unpaired) electrons. The van der Waals surface area contributed by atoms with Crippen LogP contribution in [0.5, 0.6) is 0 Å². The van der Waals surface area contributed by atoms with E-state index in [0.29, 0.717) is 6.54 Å². The number of aryl methyl sites for hydroxylation is 1. The third kappa shape index (κ3) is 5.62. The molecule has 0 heterocycles. The van der Waals surface area contributed by atoms with Crippen molar-refractivity contribution in [3.8, 4) is 0 Å². The fourth-order valence-corrected chi connectivity index (χ4v) is 1.79. The molecule has 0 saturated heterocycles. The summed E-state index contributed by atoms with van der Waals surface area (Å²) in [5, 5.41) is 6.90. The van der Waals surface area contributed by atoms with Gasteiger partial charge in [0.05, 0.1) is 6.04 Å². The smallest absolute Gasteiger partial charge is 0.237 e. The molecule has 106 valence electrons. The first-order chi connectivity index (χ1) is 8.69. The van der Waals surface area contributed by atoms with Crippen LogP contribution in [0.1, 0.15) is 38.8 Å². The highest BCUT2D eigenvalue weighted by Gasteiger charge is 2.18. The van der Waals surface area contributed by atoms with E-state index in [1.54, 1.807) is 0 Å². The summed E-state index contributed by atoms with van der Waals surface area (Å²) < 4.78 is 0. The lowest BCUT2D eigenvalue weighted by Crippen LogP contribution is -2.49. The van der Waals surface area contributed by atoms with Gasteiger partial charge in [-0.2, -0.15) is 0 Å². The zero-order valence-electron chi connectivity index (χ0n) is 12.3. The van der Waals surface area contributed by atoms with Crippen molar-refractivity contribution in [2.75, 3.05) is 0 Å². The molecule has 19 heavy (non-hydrogen) atoms. The van der Waals surface area contributed by atoms with Gasteiger partial charge in [0.25, 0.3) is 0 Å². The molecule has 4 heteroatoms. The van der Waals surface area contributed by atoms with Crippen molar-refractivity contribution in [2.24, 2.45) is 0 Å². The van der Waals surface area contributed by atoms with Crippen LogP contribution >= 0.6 is 11.6 Å². The number of amides is 1. The molecule has 1 aromatic rings. The van der Waals surface area contributed by atoms with Crippen LogP contribution in [-0.4, -0.2) is 17.5 Å². The van der Waals surface area contributed by atoms with E-state index in [2.05, 4.69) is 10.6 Å². The second kappa shape index (κ2) is 6.40. The van der Waals surface area contributed by atoms with Crippen LogP contribution in [-0.2, 0) is 11.3 Å². The van der Waals surface area contributed by atoms with Crippen molar-refractivity contribution < 1.29 is 4.79 Å². The van der Waals surface area contributed by atoms with Crippen molar-refractivity contribution in [3.63, 3.8) is 0 Å². The molecule has 0 aromatic heterocycles. The molecular weight excluding hydrogens is 260 g/mol. The molecule has 1 aromatic carbocycles. The first-order valence-corrected chi connectivity index (χ1v) is 6.87. The number of halogens is 1. The normalized spacial score (nSPS) is 13.2. The molecule has 2 N–H and O–H groups in total. The molecule has 0 saturated carbocycles. The van der Waals surface area contributed by atoms with Gasteiger partial charge in [0.15, 0.2) is 0 Å². The highest BCUT2D eigenvalue weighted by Crippen LogP contribution is 2.16. The average molecular weight is 283 g/mol. The molecule has 1 amide bonds. The Morgan fingerprint density at radius 2 is 2.00 bits per heavy atom. The molecule has 0 fully saturated rings. The van der Waals surface area contributed by atoms with Gasteiger partial charge in [-0.1, -0.05) is 23.7 Å².